The van der Waals surface area contributed by atoms with Crippen molar-refractivity contribution in [3.8, 4) is 11.6 Å². The van der Waals surface area contributed by atoms with Crippen LogP contribution in [0.25, 0.3) is 10.8 Å². The largest absolute Gasteiger partial charge is 0.481 e. The zero-order valence-corrected chi connectivity index (χ0v) is 14.7. The van der Waals surface area contributed by atoms with E-state index in [0.717, 1.165) is 10.8 Å². The first-order valence-electron chi connectivity index (χ1n) is 8.87. The minimum Gasteiger partial charge on any atom is -0.481 e. The van der Waals surface area contributed by atoms with Gasteiger partial charge in [0.1, 0.15) is 17.8 Å². The number of nitrogens with two attached hydrogens (primary N) is 1. The van der Waals surface area contributed by atoms with E-state index in [4.69, 9.17) is 15.6 Å². The molecule has 0 bridgehead atoms. The number of hydrogen-bond acceptors (Lipinski definition) is 6. The van der Waals surface area contributed by atoms with E-state index in [1.807, 2.05) is 47.4 Å². The molecule has 1 aromatic heterocycles. The molecule has 7 heteroatoms. The summed E-state index contributed by atoms with van der Waals surface area (Å²) in [6.07, 6.45) is 2.56. The van der Waals surface area contributed by atoms with Crippen LogP contribution in [-0.4, -0.2) is 34.1 Å². The van der Waals surface area contributed by atoms with Gasteiger partial charge in [-0.3, -0.25) is 4.79 Å². The number of rotatable bonds is 4. The zero-order valence-electron chi connectivity index (χ0n) is 14.7. The smallest absolute Gasteiger partial charge is 0.306 e. The average Bonchev–Trinajstić information content (AvgIpc) is 2.70. The summed E-state index contributed by atoms with van der Waals surface area (Å²) >= 11 is 0. The van der Waals surface area contributed by atoms with Crippen molar-refractivity contribution in [2.45, 2.75) is 12.8 Å². The molecule has 138 valence electrons. The van der Waals surface area contributed by atoms with E-state index in [0.29, 0.717) is 49.1 Å². The molecule has 4 rings (SSSR count). The van der Waals surface area contributed by atoms with Gasteiger partial charge in [-0.15, -0.1) is 0 Å². The first kappa shape index (κ1) is 17.1. The van der Waals surface area contributed by atoms with Gasteiger partial charge < -0.3 is 20.5 Å². The number of benzene rings is 2. The summed E-state index contributed by atoms with van der Waals surface area (Å²) in [5.74, 6) is 0.510. The van der Waals surface area contributed by atoms with Gasteiger partial charge in [-0.05, 0) is 24.3 Å². The van der Waals surface area contributed by atoms with E-state index in [2.05, 4.69) is 9.97 Å². The maximum atomic E-state index is 11.1. The van der Waals surface area contributed by atoms with Crippen LogP contribution in [0.3, 0.4) is 0 Å². The van der Waals surface area contributed by atoms with Gasteiger partial charge in [0.05, 0.1) is 5.92 Å². The minimum atomic E-state index is -0.745. The maximum Gasteiger partial charge on any atom is 0.306 e. The third-order valence-electron chi connectivity index (χ3n) is 4.93. The number of aromatic nitrogens is 2. The van der Waals surface area contributed by atoms with Gasteiger partial charge in [-0.25, -0.2) is 4.98 Å². The predicted molar refractivity (Wildman–Crippen MR) is 103 cm³/mol. The number of hydrogen-bond donors (Lipinski definition) is 2. The first-order valence-corrected chi connectivity index (χ1v) is 8.87. The van der Waals surface area contributed by atoms with Crippen molar-refractivity contribution in [1.82, 2.24) is 9.97 Å². The fourth-order valence-corrected chi connectivity index (χ4v) is 3.43. The van der Waals surface area contributed by atoms with Crippen molar-refractivity contribution < 1.29 is 14.6 Å². The lowest BCUT2D eigenvalue weighted by molar-refractivity contribution is -0.142. The number of nitrogens with zero attached hydrogens (tertiary/aromatic N) is 3. The molecule has 2 heterocycles. The molecule has 1 fully saturated rings. The van der Waals surface area contributed by atoms with Crippen LogP contribution in [0.4, 0.5) is 11.5 Å². The second-order valence-corrected chi connectivity index (χ2v) is 6.60. The third kappa shape index (κ3) is 3.36. The Morgan fingerprint density at radius 3 is 2.63 bits per heavy atom. The van der Waals surface area contributed by atoms with Gasteiger partial charge in [-0.2, -0.15) is 4.98 Å². The Morgan fingerprint density at radius 2 is 1.85 bits per heavy atom. The van der Waals surface area contributed by atoms with E-state index in [1.54, 1.807) is 0 Å². The van der Waals surface area contributed by atoms with Gasteiger partial charge >= 0.3 is 5.97 Å². The van der Waals surface area contributed by atoms with Crippen LogP contribution in [0, 0.1) is 5.92 Å². The summed E-state index contributed by atoms with van der Waals surface area (Å²) in [7, 11) is 0. The lowest BCUT2D eigenvalue weighted by Crippen LogP contribution is -2.37. The predicted octanol–water partition coefficient (Wildman–Crippen LogP) is 3.31. The summed E-state index contributed by atoms with van der Waals surface area (Å²) in [4.78, 5) is 21.6. The molecule has 0 aliphatic carbocycles. The molecule has 0 unspecified atom stereocenters. The number of fused-ring (bicyclic) bond motifs is 1. The van der Waals surface area contributed by atoms with Crippen LogP contribution in [0.2, 0.25) is 0 Å². The van der Waals surface area contributed by atoms with Gasteiger partial charge in [0, 0.05) is 18.5 Å². The molecule has 1 aliphatic heterocycles. The Labute approximate surface area is 156 Å². The normalized spacial score (nSPS) is 15.0. The van der Waals surface area contributed by atoms with Crippen molar-refractivity contribution >= 4 is 28.2 Å². The van der Waals surface area contributed by atoms with Crippen molar-refractivity contribution in [1.29, 1.82) is 0 Å². The van der Waals surface area contributed by atoms with Gasteiger partial charge in [0.25, 0.3) is 0 Å². The van der Waals surface area contributed by atoms with Crippen LogP contribution in [0.5, 0.6) is 11.6 Å². The number of anilines is 2. The highest BCUT2D eigenvalue weighted by Crippen LogP contribution is 2.35. The van der Waals surface area contributed by atoms with Crippen LogP contribution in [-0.2, 0) is 4.79 Å². The Hall–Kier alpha value is -3.35. The number of ether oxygens (including phenoxy) is 1. The van der Waals surface area contributed by atoms with Crippen LogP contribution >= 0.6 is 0 Å². The fourth-order valence-electron chi connectivity index (χ4n) is 3.43. The zero-order chi connectivity index (χ0) is 18.8. The van der Waals surface area contributed by atoms with Crippen LogP contribution < -0.4 is 15.4 Å². The highest BCUT2D eigenvalue weighted by Gasteiger charge is 2.27. The minimum absolute atomic E-state index is 0.303. The molecule has 2 aromatic carbocycles. The molecular weight excluding hydrogens is 344 g/mol. The second kappa shape index (κ2) is 7.11. The molecule has 1 aliphatic rings. The quantitative estimate of drug-likeness (QED) is 0.732. The molecule has 7 nitrogen and oxygen atoms in total. The number of aliphatic carboxylic acids is 1. The Kier molecular flexibility index (Phi) is 4.50. The van der Waals surface area contributed by atoms with E-state index in [-0.39, 0.29) is 5.92 Å². The van der Waals surface area contributed by atoms with Crippen molar-refractivity contribution in [2.24, 2.45) is 5.92 Å². The molecule has 0 saturated carbocycles. The maximum absolute atomic E-state index is 11.1. The second-order valence-electron chi connectivity index (χ2n) is 6.60. The third-order valence-corrected chi connectivity index (χ3v) is 4.93. The number of carbonyl (C=O) groups is 1. The molecule has 0 amide bonds. The standard InChI is InChI=1S/C20H20N4O3/c21-17-18(24-10-8-14(9-11-24)20(25)26)22-12-23-19(17)27-16-7-3-5-13-4-1-2-6-15(13)16/h1-7,12,14H,8-11,21H2,(H,25,26). The van der Waals surface area contributed by atoms with Gasteiger partial charge in [0.2, 0.25) is 5.88 Å². The molecular formula is C20H20N4O3. The number of piperidine rings is 1. The van der Waals surface area contributed by atoms with Crippen LogP contribution in [0.1, 0.15) is 12.8 Å². The molecule has 1 saturated heterocycles. The highest BCUT2D eigenvalue weighted by molar-refractivity contribution is 5.88. The summed E-state index contributed by atoms with van der Waals surface area (Å²) in [5.41, 5.74) is 6.65. The Balaban J connectivity index is 1.60. The SMILES string of the molecule is Nc1c(Oc2cccc3ccccc23)ncnc1N1CCC(C(=O)O)CC1. The number of carboxylic acid groups (broad SMARTS) is 1. The summed E-state index contributed by atoms with van der Waals surface area (Å²) in [6, 6.07) is 13.8. The van der Waals surface area contributed by atoms with Crippen molar-refractivity contribution in [2.75, 3.05) is 23.7 Å². The van der Waals surface area contributed by atoms with Crippen molar-refractivity contribution in [3.63, 3.8) is 0 Å². The fraction of sp³-hybridized carbons (Fsp3) is 0.250. The Bertz CT molecular complexity index is 979. The van der Waals surface area contributed by atoms with Crippen molar-refractivity contribution in [3.05, 3.63) is 48.8 Å². The molecule has 3 aromatic rings. The highest BCUT2D eigenvalue weighted by atomic mass is 16.5. The number of nitrogen functional groups attached to an aromatic ring is 1. The molecule has 0 spiro atoms. The van der Waals surface area contributed by atoms with Crippen LogP contribution in [0.15, 0.2) is 48.8 Å². The van der Waals surface area contributed by atoms with E-state index < -0.39 is 5.97 Å². The topological polar surface area (TPSA) is 102 Å². The summed E-state index contributed by atoms with van der Waals surface area (Å²) in [6.45, 7) is 1.18. The van der Waals surface area contributed by atoms with E-state index in [9.17, 15) is 4.79 Å². The lowest BCUT2D eigenvalue weighted by atomic mass is 9.97. The Morgan fingerprint density at radius 1 is 1.11 bits per heavy atom. The molecule has 0 atom stereocenters. The van der Waals surface area contributed by atoms with E-state index >= 15 is 0 Å². The molecule has 27 heavy (non-hydrogen) atoms. The van der Waals surface area contributed by atoms with Gasteiger partial charge in [0.15, 0.2) is 5.82 Å². The molecule has 3 N–H and O–H groups in total. The summed E-state index contributed by atoms with van der Waals surface area (Å²) in [5, 5.41) is 11.2. The summed E-state index contributed by atoms with van der Waals surface area (Å²) < 4.78 is 6.02. The monoisotopic (exact) mass is 364 g/mol. The first-order chi connectivity index (χ1) is 13.1. The van der Waals surface area contributed by atoms with Gasteiger partial charge in [-0.1, -0.05) is 36.4 Å². The number of carboxylic acids is 1. The lowest BCUT2D eigenvalue weighted by Gasteiger charge is -2.31. The molecule has 0 radical (unpaired) electrons. The average molecular weight is 364 g/mol. The van der Waals surface area contributed by atoms with E-state index in [1.165, 1.54) is 6.33 Å².